The van der Waals surface area contributed by atoms with Crippen LogP contribution in [0.3, 0.4) is 0 Å². The summed E-state index contributed by atoms with van der Waals surface area (Å²) >= 11 is 0. The highest BCUT2D eigenvalue weighted by atomic mass is 16.5. The minimum absolute atomic E-state index is 0.184. The highest BCUT2D eigenvalue weighted by molar-refractivity contribution is 5.24. The molecular formula is C9H9N3O2. The molecule has 2 aromatic rings. The molecule has 2 N–H and O–H groups in total. The molecule has 0 bridgehead atoms. The summed E-state index contributed by atoms with van der Waals surface area (Å²) in [4.78, 5) is 7.72. The van der Waals surface area contributed by atoms with Crippen molar-refractivity contribution in [3.8, 4) is 5.82 Å². The quantitative estimate of drug-likeness (QED) is 0.667. The van der Waals surface area contributed by atoms with Crippen LogP contribution in [-0.2, 0) is 0 Å². The number of aliphatic hydroxyl groups excluding tert-OH is 1. The summed E-state index contributed by atoms with van der Waals surface area (Å²) in [5.41, 5.74) is 0.184. The highest BCUT2D eigenvalue weighted by Gasteiger charge is 2.05. The van der Waals surface area contributed by atoms with Crippen LogP contribution in [0.5, 0.6) is 0 Å². The smallest absolute Gasteiger partial charge is 0.196 e. The highest BCUT2D eigenvalue weighted by Crippen LogP contribution is 2.09. The number of hydrogen-bond acceptors (Lipinski definition) is 4. The molecule has 0 aliphatic heterocycles. The Morgan fingerprint density at radius 3 is 2.50 bits per heavy atom. The van der Waals surface area contributed by atoms with Crippen LogP contribution in [0.25, 0.3) is 5.82 Å². The summed E-state index contributed by atoms with van der Waals surface area (Å²) in [5, 5.41) is 17.8. The van der Waals surface area contributed by atoms with Crippen LogP contribution in [0.4, 0.5) is 0 Å². The Hall–Kier alpha value is -1.72. The maximum Gasteiger partial charge on any atom is 0.196 e. The summed E-state index contributed by atoms with van der Waals surface area (Å²) in [6.07, 6.45) is 3.36. The monoisotopic (exact) mass is 191 g/mol. The van der Waals surface area contributed by atoms with E-state index in [1.165, 1.54) is 12.4 Å². The van der Waals surface area contributed by atoms with Gasteiger partial charge in [-0.05, 0) is 12.1 Å². The summed E-state index contributed by atoms with van der Waals surface area (Å²) in [6.45, 7) is 0. The molecule has 2 rings (SSSR count). The first-order valence-corrected chi connectivity index (χ1v) is 4.09. The lowest BCUT2D eigenvalue weighted by atomic mass is 10.4. The molecule has 0 fully saturated rings. The summed E-state index contributed by atoms with van der Waals surface area (Å²) in [7, 11) is 0. The molecule has 0 unspecified atom stereocenters. The molecule has 0 aliphatic carbocycles. The molecule has 5 nitrogen and oxygen atoms in total. The van der Waals surface area contributed by atoms with Crippen molar-refractivity contribution in [1.29, 1.82) is 0 Å². The molecule has 2 heterocycles. The Morgan fingerprint density at radius 1 is 1.14 bits per heavy atom. The van der Waals surface area contributed by atoms with Gasteiger partial charge in [-0.1, -0.05) is 0 Å². The number of aromatic nitrogens is 3. The van der Waals surface area contributed by atoms with Gasteiger partial charge in [-0.25, -0.2) is 9.97 Å². The van der Waals surface area contributed by atoms with Crippen LogP contribution < -0.4 is 0 Å². The van der Waals surface area contributed by atoms with Crippen LogP contribution in [0.1, 0.15) is 12.0 Å². The maximum absolute atomic E-state index is 8.90. The van der Waals surface area contributed by atoms with E-state index in [-0.39, 0.29) is 5.69 Å². The molecular weight excluding hydrogens is 182 g/mol. The molecule has 0 atom stereocenters. The predicted octanol–water partition coefficient (Wildman–Crippen LogP) is 0.250. The van der Waals surface area contributed by atoms with E-state index >= 15 is 0 Å². The van der Waals surface area contributed by atoms with E-state index in [4.69, 9.17) is 10.2 Å². The first-order valence-electron chi connectivity index (χ1n) is 4.09. The van der Waals surface area contributed by atoms with Gasteiger partial charge in [0.2, 0.25) is 0 Å². The van der Waals surface area contributed by atoms with E-state index in [0.717, 1.165) is 0 Å². The molecule has 0 aliphatic rings. The molecule has 72 valence electrons. The summed E-state index contributed by atoms with van der Waals surface area (Å²) < 4.78 is 1.76. The van der Waals surface area contributed by atoms with Crippen molar-refractivity contribution < 1.29 is 10.2 Å². The van der Waals surface area contributed by atoms with Gasteiger partial charge in [-0.15, -0.1) is 0 Å². The second kappa shape index (κ2) is 3.57. The zero-order chi connectivity index (χ0) is 9.97. The molecule has 0 spiro atoms. The summed E-state index contributed by atoms with van der Waals surface area (Å²) in [6, 6.07) is 5.24. The first-order chi connectivity index (χ1) is 6.77. The SMILES string of the molecule is OC(O)c1cc(-n2cccc2)ncn1. The van der Waals surface area contributed by atoms with E-state index in [9.17, 15) is 0 Å². The van der Waals surface area contributed by atoms with Gasteiger partial charge in [0.15, 0.2) is 6.29 Å². The second-order valence-corrected chi connectivity index (χ2v) is 2.77. The van der Waals surface area contributed by atoms with E-state index in [0.29, 0.717) is 5.82 Å². The maximum atomic E-state index is 8.90. The molecule has 5 heteroatoms. The van der Waals surface area contributed by atoms with E-state index < -0.39 is 6.29 Å². The lowest BCUT2D eigenvalue weighted by Crippen LogP contribution is -2.02. The molecule has 14 heavy (non-hydrogen) atoms. The molecule has 0 aromatic carbocycles. The average molecular weight is 191 g/mol. The Labute approximate surface area is 80.3 Å². The van der Waals surface area contributed by atoms with Crippen molar-refractivity contribution in [2.45, 2.75) is 6.29 Å². The van der Waals surface area contributed by atoms with E-state index in [1.54, 1.807) is 4.57 Å². The van der Waals surface area contributed by atoms with Crippen molar-refractivity contribution in [3.63, 3.8) is 0 Å². The lowest BCUT2D eigenvalue weighted by molar-refractivity contribution is -0.0459. The predicted molar refractivity (Wildman–Crippen MR) is 48.5 cm³/mol. The Balaban J connectivity index is 2.41. The third-order valence-electron chi connectivity index (χ3n) is 1.81. The number of rotatable bonds is 2. The van der Waals surface area contributed by atoms with Crippen LogP contribution in [0.2, 0.25) is 0 Å². The summed E-state index contributed by atoms with van der Waals surface area (Å²) in [5.74, 6) is 0.605. The van der Waals surface area contributed by atoms with Gasteiger partial charge in [0.1, 0.15) is 17.8 Å². The largest absolute Gasteiger partial charge is 0.363 e. The standard InChI is InChI=1S/C9H9N3O2/c13-9(14)7-5-8(11-6-10-7)12-3-1-2-4-12/h1-6,9,13-14H. The third kappa shape index (κ3) is 1.63. The van der Waals surface area contributed by atoms with Crippen LogP contribution in [0.15, 0.2) is 36.9 Å². The number of hydrogen-bond donors (Lipinski definition) is 2. The van der Waals surface area contributed by atoms with Crippen LogP contribution in [0, 0.1) is 0 Å². The Kier molecular flexibility index (Phi) is 2.26. The fourth-order valence-electron chi connectivity index (χ4n) is 1.13. The molecule has 0 amide bonds. The Bertz CT molecular complexity index is 412. The topological polar surface area (TPSA) is 71.2 Å². The number of nitrogens with zero attached hydrogens (tertiary/aromatic N) is 3. The van der Waals surface area contributed by atoms with Crippen molar-refractivity contribution in [3.05, 3.63) is 42.6 Å². The fourth-order valence-corrected chi connectivity index (χ4v) is 1.13. The number of aliphatic hydroxyl groups is 2. The Morgan fingerprint density at radius 2 is 1.86 bits per heavy atom. The van der Waals surface area contributed by atoms with Gasteiger partial charge in [-0.2, -0.15) is 0 Å². The minimum atomic E-state index is -1.56. The molecule has 0 radical (unpaired) electrons. The zero-order valence-electron chi connectivity index (χ0n) is 7.28. The van der Waals surface area contributed by atoms with Gasteiger partial charge in [-0.3, -0.25) is 0 Å². The van der Waals surface area contributed by atoms with Crippen molar-refractivity contribution >= 4 is 0 Å². The second-order valence-electron chi connectivity index (χ2n) is 2.77. The van der Waals surface area contributed by atoms with Crippen LogP contribution in [-0.4, -0.2) is 24.7 Å². The van der Waals surface area contributed by atoms with Gasteiger partial charge in [0.25, 0.3) is 0 Å². The normalized spacial score (nSPS) is 10.8. The van der Waals surface area contributed by atoms with Crippen molar-refractivity contribution in [1.82, 2.24) is 14.5 Å². The van der Waals surface area contributed by atoms with E-state index in [2.05, 4.69) is 9.97 Å². The van der Waals surface area contributed by atoms with E-state index in [1.807, 2.05) is 24.5 Å². The fraction of sp³-hybridized carbons (Fsp3) is 0.111. The molecule has 0 saturated carbocycles. The molecule has 2 aromatic heterocycles. The first kappa shape index (κ1) is 8.86. The van der Waals surface area contributed by atoms with Gasteiger partial charge < -0.3 is 14.8 Å². The molecule has 0 saturated heterocycles. The van der Waals surface area contributed by atoms with Gasteiger partial charge in [0, 0.05) is 18.5 Å². The zero-order valence-corrected chi connectivity index (χ0v) is 7.28. The van der Waals surface area contributed by atoms with Gasteiger partial charge >= 0.3 is 0 Å². The minimum Gasteiger partial charge on any atom is -0.363 e. The van der Waals surface area contributed by atoms with Crippen LogP contribution >= 0.6 is 0 Å². The third-order valence-corrected chi connectivity index (χ3v) is 1.81. The van der Waals surface area contributed by atoms with Gasteiger partial charge in [0.05, 0.1) is 0 Å². The van der Waals surface area contributed by atoms with Crippen molar-refractivity contribution in [2.24, 2.45) is 0 Å². The average Bonchev–Trinajstić information content (AvgIpc) is 2.71. The van der Waals surface area contributed by atoms with Crippen molar-refractivity contribution in [2.75, 3.05) is 0 Å². The lowest BCUT2D eigenvalue weighted by Gasteiger charge is -2.05.